The van der Waals surface area contributed by atoms with E-state index in [0.29, 0.717) is 38.5 Å². The third kappa shape index (κ3) is 8.14. The molecule has 0 saturated heterocycles. The van der Waals surface area contributed by atoms with Crippen molar-refractivity contribution in [3.63, 3.8) is 0 Å². The van der Waals surface area contributed by atoms with Crippen molar-refractivity contribution in [2.75, 3.05) is 26.4 Å². The van der Waals surface area contributed by atoms with E-state index in [-0.39, 0.29) is 16.3 Å². The van der Waals surface area contributed by atoms with Crippen molar-refractivity contribution in [2.45, 2.75) is 37.6 Å². The second-order valence-corrected chi connectivity index (χ2v) is 8.85. The summed E-state index contributed by atoms with van der Waals surface area (Å²) >= 11 is 6.14. The molecule has 0 aliphatic carbocycles. The molecule has 0 spiro atoms. The molecule has 0 saturated carbocycles. The van der Waals surface area contributed by atoms with E-state index in [1.807, 2.05) is 44.2 Å². The fourth-order valence-electron chi connectivity index (χ4n) is 2.87. The number of halogens is 1. The van der Waals surface area contributed by atoms with E-state index in [1.54, 1.807) is 0 Å². The van der Waals surface area contributed by atoms with Crippen molar-refractivity contribution in [1.29, 1.82) is 0 Å². The highest BCUT2D eigenvalue weighted by Gasteiger charge is 2.26. The highest BCUT2D eigenvalue weighted by molar-refractivity contribution is 7.89. The van der Waals surface area contributed by atoms with Crippen LogP contribution >= 0.6 is 11.6 Å². The van der Waals surface area contributed by atoms with Crippen molar-refractivity contribution < 1.29 is 22.7 Å². The molecule has 0 bridgehead atoms. The zero-order chi connectivity index (χ0) is 22.7. The normalized spacial score (nSPS) is 12.4. The Morgan fingerprint density at radius 1 is 1.10 bits per heavy atom. The Morgan fingerprint density at radius 2 is 1.84 bits per heavy atom. The molecule has 0 radical (unpaired) electrons. The summed E-state index contributed by atoms with van der Waals surface area (Å²) in [4.78, 5) is 12.7. The number of nitrogens with one attached hydrogen (secondary N) is 2. The number of carbonyl (C=O) groups is 1. The Hall–Kier alpha value is -2.13. The van der Waals surface area contributed by atoms with Gasteiger partial charge in [-0.15, -0.1) is 0 Å². The van der Waals surface area contributed by atoms with Crippen LogP contribution in [0.2, 0.25) is 5.02 Å². The molecule has 0 aromatic heterocycles. The first-order valence-electron chi connectivity index (χ1n) is 10.2. The number of carbonyl (C=O) groups excluding carboxylic acids is 1. The average Bonchev–Trinajstić information content (AvgIpc) is 2.75. The Kier molecular flexibility index (Phi) is 10.3. The largest absolute Gasteiger partial charge is 0.492 e. The summed E-state index contributed by atoms with van der Waals surface area (Å²) in [6.45, 7) is 5.64. The fraction of sp³-hybridized carbons (Fsp3) is 0.409. The van der Waals surface area contributed by atoms with Crippen molar-refractivity contribution in [3.05, 3.63) is 59.1 Å². The summed E-state index contributed by atoms with van der Waals surface area (Å²) in [6.07, 6.45) is 0.848. The highest BCUT2D eigenvalue weighted by atomic mass is 35.5. The molecule has 2 aromatic rings. The number of benzene rings is 2. The molecule has 0 aliphatic heterocycles. The van der Waals surface area contributed by atoms with Gasteiger partial charge in [0.2, 0.25) is 15.9 Å². The van der Waals surface area contributed by atoms with Crippen molar-refractivity contribution in [3.8, 4) is 5.75 Å². The molecule has 0 fully saturated rings. The summed E-state index contributed by atoms with van der Waals surface area (Å²) < 4.78 is 39.1. The Labute approximate surface area is 189 Å². The Morgan fingerprint density at radius 3 is 2.48 bits per heavy atom. The summed E-state index contributed by atoms with van der Waals surface area (Å²) in [7, 11) is -3.99. The van der Waals surface area contributed by atoms with Crippen LogP contribution in [0, 0.1) is 0 Å². The van der Waals surface area contributed by atoms with Gasteiger partial charge in [0, 0.05) is 19.8 Å². The van der Waals surface area contributed by atoms with Crippen LogP contribution in [0.25, 0.3) is 0 Å². The van der Waals surface area contributed by atoms with E-state index in [9.17, 15) is 13.2 Å². The van der Waals surface area contributed by atoms with Crippen LogP contribution in [0.1, 0.15) is 25.8 Å². The van der Waals surface area contributed by atoms with Crippen molar-refractivity contribution in [2.24, 2.45) is 0 Å². The van der Waals surface area contributed by atoms with Crippen LogP contribution in [-0.4, -0.2) is 46.7 Å². The zero-order valence-electron chi connectivity index (χ0n) is 17.8. The van der Waals surface area contributed by atoms with Gasteiger partial charge in [-0.25, -0.2) is 8.42 Å². The quantitative estimate of drug-likeness (QED) is 0.440. The van der Waals surface area contributed by atoms with E-state index in [1.165, 1.54) is 18.2 Å². The van der Waals surface area contributed by atoms with Gasteiger partial charge in [0.05, 0.1) is 16.5 Å². The minimum atomic E-state index is -3.99. The lowest BCUT2D eigenvalue weighted by atomic mass is 10.1. The number of hydrogen-bond acceptors (Lipinski definition) is 5. The monoisotopic (exact) mass is 468 g/mol. The van der Waals surface area contributed by atoms with Gasteiger partial charge in [-0.3, -0.25) is 4.79 Å². The van der Waals surface area contributed by atoms with Gasteiger partial charge >= 0.3 is 0 Å². The Bertz CT molecular complexity index is 938. The predicted octanol–water partition coefficient (Wildman–Crippen LogP) is 3.17. The van der Waals surface area contributed by atoms with E-state index >= 15 is 0 Å². The van der Waals surface area contributed by atoms with E-state index < -0.39 is 22.0 Å². The second-order valence-electron chi connectivity index (χ2n) is 6.73. The van der Waals surface area contributed by atoms with Gasteiger partial charge in [-0.2, -0.15) is 4.72 Å². The third-order valence-electron chi connectivity index (χ3n) is 4.38. The van der Waals surface area contributed by atoms with Crippen LogP contribution in [0.3, 0.4) is 0 Å². The minimum Gasteiger partial charge on any atom is -0.492 e. The summed E-state index contributed by atoms with van der Waals surface area (Å²) in [5, 5.41) is 2.97. The molecule has 0 unspecified atom stereocenters. The summed E-state index contributed by atoms with van der Waals surface area (Å²) in [5.74, 6) is -0.00282. The second kappa shape index (κ2) is 12.7. The van der Waals surface area contributed by atoms with Gasteiger partial charge in [0.15, 0.2) is 0 Å². The average molecular weight is 469 g/mol. The predicted molar refractivity (Wildman–Crippen MR) is 121 cm³/mol. The van der Waals surface area contributed by atoms with E-state index in [4.69, 9.17) is 21.1 Å². The van der Waals surface area contributed by atoms with Crippen molar-refractivity contribution >= 4 is 27.5 Å². The molecular weight excluding hydrogens is 440 g/mol. The molecule has 1 amide bonds. The minimum absolute atomic E-state index is 0.0387. The van der Waals surface area contributed by atoms with Crippen LogP contribution in [-0.2, 0) is 26.0 Å². The van der Waals surface area contributed by atoms with E-state index in [2.05, 4.69) is 10.0 Å². The van der Waals surface area contributed by atoms with Gasteiger partial charge < -0.3 is 14.8 Å². The zero-order valence-corrected chi connectivity index (χ0v) is 19.3. The summed E-state index contributed by atoms with van der Waals surface area (Å²) in [5.41, 5.74) is 0.837. The number of amides is 1. The molecule has 1 atom stereocenters. The first-order chi connectivity index (χ1) is 14.9. The maximum Gasteiger partial charge on any atom is 0.241 e. The maximum absolute atomic E-state index is 13.0. The van der Waals surface area contributed by atoms with Gasteiger partial charge in [-0.1, -0.05) is 41.9 Å². The molecule has 2 rings (SSSR count). The van der Waals surface area contributed by atoms with Gasteiger partial charge in [0.25, 0.3) is 0 Å². The van der Waals surface area contributed by atoms with E-state index in [0.717, 1.165) is 5.56 Å². The topological polar surface area (TPSA) is 93.7 Å². The van der Waals surface area contributed by atoms with Gasteiger partial charge in [0.1, 0.15) is 11.8 Å². The number of ether oxygens (including phenoxy) is 2. The Balaban J connectivity index is 2.16. The number of rotatable bonds is 13. The third-order valence-corrected chi connectivity index (χ3v) is 6.14. The molecule has 0 aliphatic rings. The molecule has 2 N–H and O–H groups in total. The first kappa shape index (κ1) is 25.1. The highest BCUT2D eigenvalue weighted by Crippen LogP contribution is 2.27. The van der Waals surface area contributed by atoms with Crippen LogP contribution in [0.4, 0.5) is 0 Å². The van der Waals surface area contributed by atoms with Gasteiger partial charge in [-0.05, 0) is 50.5 Å². The van der Waals surface area contributed by atoms with Crippen LogP contribution in [0.5, 0.6) is 5.75 Å². The lowest BCUT2D eigenvalue weighted by molar-refractivity contribution is -0.122. The fourth-order valence-corrected chi connectivity index (χ4v) is 4.39. The molecule has 7 nitrogen and oxygen atoms in total. The van der Waals surface area contributed by atoms with Crippen LogP contribution < -0.4 is 14.8 Å². The SMILES string of the molecule is CCOCCCNC(=O)[C@H](Cc1ccccc1)NS(=O)(=O)c1ccc(OCC)c(Cl)c1. The van der Waals surface area contributed by atoms with Crippen molar-refractivity contribution in [1.82, 2.24) is 10.0 Å². The molecule has 170 valence electrons. The molecule has 0 heterocycles. The molecule has 9 heteroatoms. The lowest BCUT2D eigenvalue weighted by Crippen LogP contribution is -2.48. The number of sulfonamides is 1. The molecule has 31 heavy (non-hydrogen) atoms. The lowest BCUT2D eigenvalue weighted by Gasteiger charge is -2.19. The number of hydrogen-bond donors (Lipinski definition) is 2. The first-order valence-corrected chi connectivity index (χ1v) is 12.1. The molecule has 2 aromatic carbocycles. The maximum atomic E-state index is 13.0. The standard InChI is InChI=1S/C22H29ClN2O5S/c1-3-29-14-8-13-24-22(26)20(15-17-9-6-5-7-10-17)25-31(27,28)18-11-12-21(30-4-2)19(23)16-18/h5-7,9-12,16,20,25H,3-4,8,13-15H2,1-2H3,(H,24,26)/t20-/m0/s1. The molecular formula is C22H29ClN2O5S. The smallest absolute Gasteiger partial charge is 0.241 e. The van der Waals surface area contributed by atoms with Crippen LogP contribution in [0.15, 0.2) is 53.4 Å². The summed E-state index contributed by atoms with van der Waals surface area (Å²) in [6, 6.07) is 12.5.